The number of isocyanates is 1. The molecule has 0 amide bonds. The second-order valence-electron chi connectivity index (χ2n) is 0.473. The minimum absolute atomic E-state index is 0.176. The maximum absolute atomic E-state index is 9.19. The molecule has 0 aliphatic carbocycles. The lowest BCUT2D eigenvalue weighted by Gasteiger charge is -1.58. The fourth-order valence-electron chi connectivity index (χ4n) is 0.0456. The van der Waals surface area contributed by atoms with Gasteiger partial charge in [-0.05, 0) is 6.90 Å². The van der Waals surface area contributed by atoms with Gasteiger partial charge in [-0.25, -0.2) is 9.79 Å². The molecule has 0 N–H and O–H groups in total. The van der Waals surface area contributed by atoms with Crippen LogP contribution in [-0.4, -0.2) is 12.6 Å². The summed E-state index contributed by atoms with van der Waals surface area (Å²) in [5, 5.41) is 0. The van der Waals surface area contributed by atoms with Crippen molar-refractivity contribution in [2.45, 2.75) is 6.90 Å². The van der Waals surface area contributed by atoms with Crippen molar-refractivity contribution in [1.29, 1.82) is 0 Å². The predicted molar refractivity (Wildman–Crippen MR) is 18.7 cm³/mol. The molecule has 0 atom stereocenters. The third kappa shape index (κ3) is 3.38. The van der Waals surface area contributed by atoms with E-state index in [0.717, 1.165) is 0 Å². The van der Waals surface area contributed by atoms with Gasteiger partial charge in [0.05, 0.1) is 0 Å². The molecule has 0 aromatic rings. The van der Waals surface area contributed by atoms with Gasteiger partial charge in [-0.3, -0.25) is 0 Å². The Morgan fingerprint density at radius 1 is 2.40 bits per heavy atom. The molecule has 0 aromatic heterocycles. The molecule has 5 heavy (non-hydrogen) atoms. The summed E-state index contributed by atoms with van der Waals surface area (Å²) in [6, 6.07) is 0. The first-order chi connectivity index (χ1) is 2.91. The van der Waals surface area contributed by atoms with Crippen molar-refractivity contribution in [1.82, 2.24) is 0 Å². The first-order valence-electron chi connectivity index (χ1n) is 1.95. The lowest BCUT2D eigenvalue weighted by molar-refractivity contribution is 0.563. The third-order valence-electron chi connectivity index (χ3n) is 0.176. The van der Waals surface area contributed by atoms with E-state index in [4.69, 9.17) is 1.37 Å². The van der Waals surface area contributed by atoms with Gasteiger partial charge in [0.15, 0.2) is 0 Å². The van der Waals surface area contributed by atoms with E-state index in [1.807, 2.05) is 0 Å². The molecular weight excluding hydrogens is 66.0 g/mol. The average molecular weight is 72.1 g/mol. The van der Waals surface area contributed by atoms with Crippen molar-refractivity contribution in [3.05, 3.63) is 0 Å². The van der Waals surface area contributed by atoms with Crippen LogP contribution in [0.15, 0.2) is 4.99 Å². The van der Waals surface area contributed by atoms with Crippen LogP contribution in [0.4, 0.5) is 0 Å². The Labute approximate surface area is 31.9 Å². The summed E-state index contributed by atoms with van der Waals surface area (Å²) >= 11 is 0. The Morgan fingerprint density at radius 3 is 3.40 bits per heavy atom. The van der Waals surface area contributed by atoms with Crippen LogP contribution in [-0.2, 0) is 4.79 Å². The maximum Gasteiger partial charge on any atom is 0.234 e. The zero-order valence-corrected chi connectivity index (χ0v) is 2.77. The van der Waals surface area contributed by atoms with Gasteiger partial charge >= 0.3 is 0 Å². The average Bonchev–Trinajstić information content (AvgIpc) is 1.61. The highest BCUT2D eigenvalue weighted by Crippen LogP contribution is 1.52. The lowest BCUT2D eigenvalue weighted by Crippen LogP contribution is -1.58. The molecule has 2 nitrogen and oxygen atoms in total. The first-order valence-corrected chi connectivity index (χ1v) is 1.24. The van der Waals surface area contributed by atoms with Gasteiger partial charge < -0.3 is 0 Å². The van der Waals surface area contributed by atoms with Crippen LogP contribution in [0.25, 0.3) is 0 Å². The standard InChI is InChI=1S/C3H5NO/c1-2-4-3-5/h2H2,1H3/i1D. The molecule has 0 aliphatic heterocycles. The predicted octanol–water partition coefficient (Wildman–Crippen LogP) is 0.342. The molecule has 0 radical (unpaired) electrons. The Hall–Kier alpha value is -0.620. The van der Waals surface area contributed by atoms with Crippen LogP contribution in [0.2, 0.25) is 0 Å². The number of carbonyl (C=O) groups excluding carboxylic acids is 1. The number of nitrogens with zero attached hydrogens (tertiary/aromatic N) is 1. The van der Waals surface area contributed by atoms with E-state index in [2.05, 4.69) is 4.99 Å². The normalized spacial score (nSPS) is 8.40. The van der Waals surface area contributed by atoms with E-state index in [1.165, 1.54) is 6.08 Å². The molecule has 0 rings (SSSR count). The molecule has 0 fully saturated rings. The highest BCUT2D eigenvalue weighted by molar-refractivity contribution is 5.32. The molecule has 28 valence electrons. The number of hydrogen-bond donors (Lipinski definition) is 0. The van der Waals surface area contributed by atoms with Crippen LogP contribution >= 0.6 is 0 Å². The van der Waals surface area contributed by atoms with Crippen molar-refractivity contribution in [3.63, 3.8) is 0 Å². The minimum atomic E-state index is 0.176. The molecule has 0 saturated carbocycles. The van der Waals surface area contributed by atoms with Gasteiger partial charge in [-0.2, -0.15) is 0 Å². The van der Waals surface area contributed by atoms with E-state index in [-0.39, 0.29) is 13.4 Å². The summed E-state index contributed by atoms with van der Waals surface area (Å²) in [5.74, 6) is 0. The van der Waals surface area contributed by atoms with Crippen LogP contribution < -0.4 is 0 Å². The first kappa shape index (κ1) is 2.61. The highest BCUT2D eigenvalue weighted by atomic mass is 16.1. The van der Waals surface area contributed by atoms with E-state index in [9.17, 15) is 4.79 Å². The highest BCUT2D eigenvalue weighted by Gasteiger charge is 1.52. The summed E-state index contributed by atoms with van der Waals surface area (Å²) in [7, 11) is 0. The third-order valence-corrected chi connectivity index (χ3v) is 0.176. The smallest absolute Gasteiger partial charge is 0.211 e. The summed E-state index contributed by atoms with van der Waals surface area (Å²) in [6.07, 6.45) is 1.32. The van der Waals surface area contributed by atoms with Crippen molar-refractivity contribution in [3.8, 4) is 0 Å². The Morgan fingerprint density at radius 2 is 3.20 bits per heavy atom. The van der Waals surface area contributed by atoms with Gasteiger partial charge in [-0.1, -0.05) is 0 Å². The second-order valence-corrected chi connectivity index (χ2v) is 0.473. The van der Waals surface area contributed by atoms with Crippen molar-refractivity contribution >= 4 is 6.08 Å². The van der Waals surface area contributed by atoms with E-state index in [0.29, 0.717) is 0 Å². The zero-order valence-electron chi connectivity index (χ0n) is 3.77. The van der Waals surface area contributed by atoms with Crippen LogP contribution in [0.5, 0.6) is 0 Å². The Kier molecular flexibility index (Phi) is 1.76. The second kappa shape index (κ2) is 3.38. The largest absolute Gasteiger partial charge is 0.234 e. The van der Waals surface area contributed by atoms with Gasteiger partial charge in [0.25, 0.3) is 0 Å². The zero-order chi connectivity index (χ0) is 4.83. The summed E-state index contributed by atoms with van der Waals surface area (Å²) in [6.45, 7) is 0.457. The van der Waals surface area contributed by atoms with Crippen LogP contribution in [0.3, 0.4) is 0 Å². The Balaban J connectivity index is 2.86. The maximum atomic E-state index is 9.19. The quantitative estimate of drug-likeness (QED) is 0.324. The van der Waals surface area contributed by atoms with Crippen LogP contribution in [0, 0.1) is 0 Å². The Bertz CT molecular complexity index is 67.2. The number of aliphatic imine (C=N–C) groups is 1. The summed E-state index contributed by atoms with van der Waals surface area (Å²) in [4.78, 5) is 12.3. The number of rotatable bonds is 1. The van der Waals surface area contributed by atoms with Gasteiger partial charge in [0.2, 0.25) is 6.08 Å². The molecule has 0 bridgehead atoms. The van der Waals surface area contributed by atoms with Gasteiger partial charge in [0.1, 0.15) is 0 Å². The van der Waals surface area contributed by atoms with Crippen LogP contribution in [0.1, 0.15) is 8.27 Å². The number of hydrogen-bond acceptors (Lipinski definition) is 2. The van der Waals surface area contributed by atoms with Crippen molar-refractivity contribution in [2.24, 2.45) is 4.99 Å². The molecule has 0 spiro atoms. The molecule has 2 heteroatoms. The SMILES string of the molecule is [2H]CCN=C=O. The van der Waals surface area contributed by atoms with Gasteiger partial charge in [0, 0.05) is 7.92 Å². The van der Waals surface area contributed by atoms with E-state index >= 15 is 0 Å². The lowest BCUT2D eigenvalue weighted by atomic mass is 10.8. The van der Waals surface area contributed by atoms with Gasteiger partial charge in [-0.15, -0.1) is 0 Å². The monoisotopic (exact) mass is 72.0 g/mol. The van der Waals surface area contributed by atoms with Crippen molar-refractivity contribution < 1.29 is 6.17 Å². The molecule has 0 heterocycles. The molecule has 0 unspecified atom stereocenters. The summed E-state index contributed by atoms with van der Waals surface area (Å²) < 4.78 is 6.43. The fourth-order valence-corrected chi connectivity index (χ4v) is 0.0456. The van der Waals surface area contributed by atoms with E-state index in [1.54, 1.807) is 0 Å². The van der Waals surface area contributed by atoms with Crippen molar-refractivity contribution in [2.75, 3.05) is 6.54 Å². The summed E-state index contributed by atoms with van der Waals surface area (Å²) in [5.41, 5.74) is 0. The molecular formula is C3H5NO. The molecule has 0 saturated heterocycles. The molecule has 0 aromatic carbocycles. The van der Waals surface area contributed by atoms with E-state index < -0.39 is 0 Å². The topological polar surface area (TPSA) is 29.4 Å². The fraction of sp³-hybridized carbons (Fsp3) is 0.667. The molecule has 0 aliphatic rings. The minimum Gasteiger partial charge on any atom is -0.211 e.